The summed E-state index contributed by atoms with van der Waals surface area (Å²) in [6, 6.07) is 5.14. The highest BCUT2D eigenvalue weighted by molar-refractivity contribution is 7.99. The molecule has 0 bridgehead atoms. The van der Waals surface area contributed by atoms with Gasteiger partial charge < -0.3 is 14.2 Å². The van der Waals surface area contributed by atoms with Gasteiger partial charge in [-0.2, -0.15) is 0 Å². The van der Waals surface area contributed by atoms with Crippen LogP contribution in [0.15, 0.2) is 28.7 Å². The first kappa shape index (κ1) is 15.9. The van der Waals surface area contributed by atoms with E-state index in [0.29, 0.717) is 29.1 Å². The number of nitrogens with zero attached hydrogens (tertiary/aromatic N) is 2. The number of amides is 2. The van der Waals surface area contributed by atoms with Gasteiger partial charge in [-0.3, -0.25) is 9.59 Å². The van der Waals surface area contributed by atoms with Crippen molar-refractivity contribution in [3.05, 3.63) is 35.8 Å². The van der Waals surface area contributed by atoms with Crippen LogP contribution in [-0.4, -0.2) is 52.9 Å². The molecule has 2 aromatic rings. The summed E-state index contributed by atoms with van der Waals surface area (Å²) in [5.41, 5.74) is 0.454. The minimum Gasteiger partial charge on any atom is -0.451 e. The van der Waals surface area contributed by atoms with E-state index in [1.807, 2.05) is 6.92 Å². The molecule has 0 aliphatic carbocycles. The van der Waals surface area contributed by atoms with E-state index in [-0.39, 0.29) is 23.4 Å². The Morgan fingerprint density at radius 2 is 2.22 bits per heavy atom. The predicted molar refractivity (Wildman–Crippen MR) is 86.8 cm³/mol. The summed E-state index contributed by atoms with van der Waals surface area (Å²) < 4.78 is 18.8. The molecule has 23 heavy (non-hydrogen) atoms. The number of rotatable bonds is 3. The molecule has 1 saturated heterocycles. The van der Waals surface area contributed by atoms with E-state index >= 15 is 0 Å². The van der Waals surface area contributed by atoms with Crippen LogP contribution in [0.5, 0.6) is 0 Å². The van der Waals surface area contributed by atoms with Gasteiger partial charge in [0.1, 0.15) is 17.4 Å². The van der Waals surface area contributed by atoms with E-state index in [4.69, 9.17) is 4.42 Å². The van der Waals surface area contributed by atoms with E-state index in [2.05, 4.69) is 0 Å². The number of halogens is 1. The molecule has 1 aromatic carbocycles. The summed E-state index contributed by atoms with van der Waals surface area (Å²) in [6.45, 7) is 2.48. The molecular weight excluding hydrogens is 319 g/mol. The molecule has 1 aliphatic heterocycles. The predicted octanol–water partition coefficient (Wildman–Crippen LogP) is 2.57. The Morgan fingerprint density at radius 1 is 1.43 bits per heavy atom. The molecule has 5 nitrogen and oxygen atoms in total. The lowest BCUT2D eigenvalue weighted by atomic mass is 10.2. The van der Waals surface area contributed by atoms with Crippen LogP contribution >= 0.6 is 11.8 Å². The second-order valence-electron chi connectivity index (χ2n) is 5.44. The number of furan rings is 1. The fraction of sp³-hybridized carbons (Fsp3) is 0.375. The molecule has 2 amide bonds. The summed E-state index contributed by atoms with van der Waals surface area (Å²) in [4.78, 5) is 28.2. The molecule has 0 spiro atoms. The second kappa shape index (κ2) is 6.23. The van der Waals surface area contributed by atoms with Crippen LogP contribution in [0.4, 0.5) is 4.39 Å². The number of thioether (sulfide) groups is 1. The van der Waals surface area contributed by atoms with Crippen molar-refractivity contribution in [2.24, 2.45) is 0 Å². The minimum absolute atomic E-state index is 0.0759. The van der Waals surface area contributed by atoms with Gasteiger partial charge in [0, 0.05) is 24.7 Å². The van der Waals surface area contributed by atoms with Gasteiger partial charge in [0.15, 0.2) is 5.76 Å². The summed E-state index contributed by atoms with van der Waals surface area (Å²) in [5.74, 6) is 0.348. The number of carbonyl (C=O) groups is 2. The Labute approximate surface area is 137 Å². The Kier molecular flexibility index (Phi) is 4.30. The third kappa shape index (κ3) is 2.93. The van der Waals surface area contributed by atoms with Crippen molar-refractivity contribution in [3.63, 3.8) is 0 Å². The molecular formula is C16H17FN2O3S. The second-order valence-corrected chi connectivity index (χ2v) is 6.44. The quantitative estimate of drug-likeness (QED) is 0.864. The van der Waals surface area contributed by atoms with E-state index in [0.717, 1.165) is 0 Å². The van der Waals surface area contributed by atoms with Crippen molar-refractivity contribution < 1.29 is 18.4 Å². The monoisotopic (exact) mass is 336 g/mol. The highest BCUT2D eigenvalue weighted by atomic mass is 32.2. The maximum absolute atomic E-state index is 13.3. The highest BCUT2D eigenvalue weighted by Gasteiger charge is 2.37. The topological polar surface area (TPSA) is 53.8 Å². The minimum atomic E-state index is -0.484. The Hall–Kier alpha value is -2.02. The van der Waals surface area contributed by atoms with Gasteiger partial charge in [-0.1, -0.05) is 0 Å². The Balaban J connectivity index is 1.87. The number of benzene rings is 1. The molecule has 2 heterocycles. The van der Waals surface area contributed by atoms with Crippen molar-refractivity contribution in [3.8, 4) is 0 Å². The van der Waals surface area contributed by atoms with Gasteiger partial charge in [0.05, 0.1) is 5.88 Å². The molecule has 1 aliphatic rings. The zero-order chi connectivity index (χ0) is 16.6. The van der Waals surface area contributed by atoms with Crippen LogP contribution < -0.4 is 0 Å². The number of hydrogen-bond donors (Lipinski definition) is 0. The first-order valence-corrected chi connectivity index (χ1v) is 8.49. The maximum atomic E-state index is 13.3. The molecule has 0 radical (unpaired) electrons. The first-order chi connectivity index (χ1) is 11.0. The molecule has 1 aromatic heterocycles. The zero-order valence-corrected chi connectivity index (χ0v) is 13.7. The van der Waals surface area contributed by atoms with Crippen LogP contribution in [-0.2, 0) is 4.79 Å². The third-order valence-electron chi connectivity index (χ3n) is 3.97. The number of hydrogen-bond acceptors (Lipinski definition) is 4. The number of fused-ring (bicyclic) bond motifs is 1. The summed E-state index contributed by atoms with van der Waals surface area (Å²) >= 11 is 1.53. The van der Waals surface area contributed by atoms with Gasteiger partial charge in [0.2, 0.25) is 5.91 Å². The van der Waals surface area contributed by atoms with Crippen LogP contribution in [0, 0.1) is 5.82 Å². The van der Waals surface area contributed by atoms with Crippen molar-refractivity contribution >= 4 is 34.5 Å². The van der Waals surface area contributed by atoms with E-state index in [1.165, 1.54) is 40.9 Å². The van der Waals surface area contributed by atoms with Crippen molar-refractivity contribution in [1.82, 2.24) is 9.80 Å². The van der Waals surface area contributed by atoms with E-state index in [1.54, 1.807) is 11.9 Å². The average molecular weight is 336 g/mol. The summed E-state index contributed by atoms with van der Waals surface area (Å²) in [5, 5.41) is 0.536. The lowest BCUT2D eigenvalue weighted by Crippen LogP contribution is -2.47. The molecule has 0 saturated carbocycles. The molecule has 7 heteroatoms. The molecule has 1 fully saturated rings. The summed E-state index contributed by atoms with van der Waals surface area (Å²) in [6.07, 6.45) is 0. The molecule has 3 rings (SSSR count). The maximum Gasteiger partial charge on any atom is 0.291 e. The van der Waals surface area contributed by atoms with Crippen LogP contribution in [0.1, 0.15) is 17.5 Å². The number of carbonyl (C=O) groups excluding carboxylic acids is 2. The van der Waals surface area contributed by atoms with Gasteiger partial charge in [-0.25, -0.2) is 4.39 Å². The third-order valence-corrected chi connectivity index (χ3v) is 4.98. The summed E-state index contributed by atoms with van der Waals surface area (Å²) in [7, 11) is 1.72. The largest absolute Gasteiger partial charge is 0.451 e. The lowest BCUT2D eigenvalue weighted by molar-refractivity contribution is -0.133. The smallest absolute Gasteiger partial charge is 0.291 e. The molecule has 122 valence electrons. The van der Waals surface area contributed by atoms with Gasteiger partial charge in [0.25, 0.3) is 5.91 Å². The highest BCUT2D eigenvalue weighted by Crippen LogP contribution is 2.27. The first-order valence-electron chi connectivity index (χ1n) is 7.34. The van der Waals surface area contributed by atoms with Crippen molar-refractivity contribution in [2.45, 2.75) is 13.0 Å². The lowest BCUT2D eigenvalue weighted by Gasteiger charge is -2.26. The SMILES string of the molecule is CCN(C)C(=O)C1CSCN1C(=O)c1cc2cc(F)ccc2o1. The molecule has 1 unspecified atom stereocenters. The van der Waals surface area contributed by atoms with E-state index < -0.39 is 6.04 Å². The van der Waals surface area contributed by atoms with Gasteiger partial charge in [-0.15, -0.1) is 11.8 Å². The standard InChI is InChI=1S/C16H17FN2O3S/c1-3-18(2)15(20)12-8-23-9-19(12)16(21)14-7-10-6-11(17)4-5-13(10)22-14/h4-7,12H,3,8-9H2,1-2H3. The molecule has 0 N–H and O–H groups in total. The average Bonchev–Trinajstić information content (AvgIpc) is 3.18. The van der Waals surface area contributed by atoms with Crippen LogP contribution in [0.2, 0.25) is 0 Å². The van der Waals surface area contributed by atoms with Gasteiger partial charge in [-0.05, 0) is 31.2 Å². The molecule has 1 atom stereocenters. The van der Waals surface area contributed by atoms with E-state index in [9.17, 15) is 14.0 Å². The van der Waals surface area contributed by atoms with Crippen molar-refractivity contribution in [1.29, 1.82) is 0 Å². The Bertz CT molecular complexity index is 761. The normalized spacial score (nSPS) is 17.7. The fourth-order valence-corrected chi connectivity index (χ4v) is 3.66. The van der Waals surface area contributed by atoms with Crippen LogP contribution in [0.3, 0.4) is 0 Å². The Morgan fingerprint density at radius 3 is 2.96 bits per heavy atom. The van der Waals surface area contributed by atoms with Crippen molar-refractivity contribution in [2.75, 3.05) is 25.2 Å². The van der Waals surface area contributed by atoms with Crippen LogP contribution in [0.25, 0.3) is 11.0 Å². The number of likely N-dealkylation sites (N-methyl/N-ethyl adjacent to an activating group) is 1. The van der Waals surface area contributed by atoms with Gasteiger partial charge >= 0.3 is 0 Å². The fourth-order valence-electron chi connectivity index (χ4n) is 2.52. The zero-order valence-electron chi connectivity index (χ0n) is 12.9.